The smallest absolute Gasteiger partial charge is 0.125 e. The Hall–Kier alpha value is -2.20. The molecule has 0 amide bonds. The number of nitrogens with one attached hydrogen (secondary N) is 1. The Morgan fingerprint density at radius 1 is 1.29 bits per heavy atom. The lowest BCUT2D eigenvalue weighted by Crippen LogP contribution is -2.31. The van der Waals surface area contributed by atoms with Gasteiger partial charge in [-0.25, -0.2) is 9.97 Å². The summed E-state index contributed by atoms with van der Waals surface area (Å²) in [5.74, 6) is 0.863. The highest BCUT2D eigenvalue weighted by molar-refractivity contribution is 5.82. The van der Waals surface area contributed by atoms with Gasteiger partial charge < -0.3 is 4.98 Å². The number of aromatic amines is 1. The molecule has 21 heavy (non-hydrogen) atoms. The summed E-state index contributed by atoms with van der Waals surface area (Å²) in [5, 5.41) is 1.28. The van der Waals surface area contributed by atoms with E-state index in [1.54, 1.807) is 0 Å². The van der Waals surface area contributed by atoms with Crippen molar-refractivity contribution < 1.29 is 0 Å². The van der Waals surface area contributed by atoms with Gasteiger partial charge in [0, 0.05) is 37.5 Å². The average Bonchev–Trinajstić information content (AvgIpc) is 2.96. The van der Waals surface area contributed by atoms with E-state index in [-0.39, 0.29) is 0 Å². The first-order valence-electron chi connectivity index (χ1n) is 7.38. The number of H-pyrrole nitrogens is 1. The molecule has 2 aromatic heterocycles. The summed E-state index contributed by atoms with van der Waals surface area (Å²) in [7, 11) is 0. The molecule has 0 saturated carbocycles. The van der Waals surface area contributed by atoms with Crippen LogP contribution in [0.1, 0.15) is 22.6 Å². The van der Waals surface area contributed by atoms with E-state index in [1.165, 1.54) is 27.7 Å². The first-order chi connectivity index (χ1) is 10.3. The summed E-state index contributed by atoms with van der Waals surface area (Å²) in [6, 6.07) is 8.62. The fourth-order valence-corrected chi connectivity index (χ4v) is 3.11. The summed E-state index contributed by atoms with van der Waals surface area (Å²) in [6.07, 6.45) is 5.03. The molecular weight excluding hydrogens is 260 g/mol. The zero-order valence-corrected chi connectivity index (χ0v) is 12.1. The molecule has 0 spiro atoms. The topological polar surface area (TPSA) is 44.8 Å². The molecule has 0 aliphatic carbocycles. The number of benzene rings is 1. The fraction of sp³-hybridized carbons (Fsp3) is 0.294. The molecule has 4 rings (SSSR count). The maximum Gasteiger partial charge on any atom is 0.125 e. The molecule has 3 heterocycles. The van der Waals surface area contributed by atoms with Crippen LogP contribution in [0.2, 0.25) is 0 Å². The van der Waals surface area contributed by atoms with Crippen molar-refractivity contribution >= 4 is 10.9 Å². The van der Waals surface area contributed by atoms with E-state index in [2.05, 4.69) is 44.1 Å². The molecule has 1 aliphatic heterocycles. The number of rotatable bonds is 2. The van der Waals surface area contributed by atoms with E-state index in [1.807, 2.05) is 19.3 Å². The molecular formula is C17H18N4. The van der Waals surface area contributed by atoms with Crippen molar-refractivity contribution in [2.45, 2.75) is 26.4 Å². The lowest BCUT2D eigenvalue weighted by molar-refractivity contribution is 0.241. The largest absolute Gasteiger partial charge is 0.361 e. The molecule has 0 atom stereocenters. The van der Waals surface area contributed by atoms with Gasteiger partial charge in [-0.2, -0.15) is 0 Å². The number of aromatic nitrogens is 3. The van der Waals surface area contributed by atoms with Gasteiger partial charge in [-0.15, -0.1) is 0 Å². The van der Waals surface area contributed by atoms with Crippen LogP contribution in [0, 0.1) is 6.92 Å². The highest BCUT2D eigenvalue weighted by atomic mass is 15.1. The van der Waals surface area contributed by atoms with Crippen LogP contribution >= 0.6 is 0 Å². The normalized spacial score (nSPS) is 15.3. The van der Waals surface area contributed by atoms with Gasteiger partial charge in [-0.1, -0.05) is 18.2 Å². The second-order valence-electron chi connectivity index (χ2n) is 5.71. The molecule has 1 aromatic carbocycles. The quantitative estimate of drug-likeness (QED) is 0.784. The van der Waals surface area contributed by atoms with Crippen LogP contribution in [0.3, 0.4) is 0 Å². The van der Waals surface area contributed by atoms with Crippen molar-refractivity contribution in [3.05, 3.63) is 59.3 Å². The van der Waals surface area contributed by atoms with E-state index >= 15 is 0 Å². The van der Waals surface area contributed by atoms with Crippen molar-refractivity contribution in [2.75, 3.05) is 6.54 Å². The first kappa shape index (κ1) is 12.5. The van der Waals surface area contributed by atoms with Gasteiger partial charge >= 0.3 is 0 Å². The Balaban J connectivity index is 1.60. The van der Waals surface area contributed by atoms with E-state index in [0.29, 0.717) is 0 Å². The summed E-state index contributed by atoms with van der Waals surface area (Å²) in [4.78, 5) is 14.7. The van der Waals surface area contributed by atoms with E-state index < -0.39 is 0 Å². The Kier molecular flexibility index (Phi) is 2.97. The molecule has 0 unspecified atom stereocenters. The number of nitrogens with zero attached hydrogens (tertiary/aromatic N) is 3. The van der Waals surface area contributed by atoms with Gasteiger partial charge in [0.15, 0.2) is 0 Å². The molecule has 106 valence electrons. The molecule has 0 fully saturated rings. The zero-order valence-electron chi connectivity index (χ0n) is 12.1. The van der Waals surface area contributed by atoms with Crippen LogP contribution < -0.4 is 0 Å². The average molecular weight is 278 g/mol. The third-order valence-corrected chi connectivity index (χ3v) is 4.21. The SMILES string of the molecule is Cc1ncc2c(n1)CN(Cc1cccc3cc[nH]c13)CC2. The summed E-state index contributed by atoms with van der Waals surface area (Å²) in [5.41, 5.74) is 5.09. The second kappa shape index (κ2) is 4.97. The molecule has 4 heteroatoms. The summed E-state index contributed by atoms with van der Waals surface area (Å²) >= 11 is 0. The van der Waals surface area contributed by atoms with Gasteiger partial charge in [0.2, 0.25) is 0 Å². The monoisotopic (exact) mass is 278 g/mol. The lowest BCUT2D eigenvalue weighted by atomic mass is 10.1. The third kappa shape index (κ3) is 2.32. The van der Waals surface area contributed by atoms with Crippen molar-refractivity contribution in [1.82, 2.24) is 19.9 Å². The first-order valence-corrected chi connectivity index (χ1v) is 7.38. The second-order valence-corrected chi connectivity index (χ2v) is 5.71. The maximum absolute atomic E-state index is 4.60. The molecule has 4 nitrogen and oxygen atoms in total. The van der Waals surface area contributed by atoms with Gasteiger partial charge in [-0.3, -0.25) is 4.90 Å². The van der Waals surface area contributed by atoms with E-state index in [4.69, 9.17) is 0 Å². The lowest BCUT2D eigenvalue weighted by Gasteiger charge is -2.28. The summed E-state index contributed by atoms with van der Waals surface area (Å²) < 4.78 is 0. The van der Waals surface area contributed by atoms with Crippen LogP contribution in [-0.4, -0.2) is 26.4 Å². The Morgan fingerprint density at radius 2 is 2.24 bits per heavy atom. The minimum absolute atomic E-state index is 0.863. The Labute approximate surface area is 123 Å². The number of hydrogen-bond donors (Lipinski definition) is 1. The minimum atomic E-state index is 0.863. The highest BCUT2D eigenvalue weighted by Crippen LogP contribution is 2.22. The van der Waals surface area contributed by atoms with Crippen LogP contribution in [0.15, 0.2) is 36.7 Å². The molecule has 1 aliphatic rings. The van der Waals surface area contributed by atoms with Gasteiger partial charge in [0.25, 0.3) is 0 Å². The Morgan fingerprint density at radius 3 is 3.19 bits per heavy atom. The Bertz CT molecular complexity index is 790. The number of hydrogen-bond acceptors (Lipinski definition) is 3. The van der Waals surface area contributed by atoms with Gasteiger partial charge in [0.1, 0.15) is 5.82 Å². The third-order valence-electron chi connectivity index (χ3n) is 4.21. The van der Waals surface area contributed by atoms with Gasteiger partial charge in [0.05, 0.1) is 5.69 Å². The standard InChI is InChI=1S/C17H18N4/c1-12-19-9-14-6-8-21(11-16(14)20-12)10-15-4-2-3-13-5-7-18-17(13)15/h2-5,7,9,18H,6,8,10-11H2,1H3. The van der Waals surface area contributed by atoms with E-state index in [0.717, 1.165) is 31.9 Å². The van der Waals surface area contributed by atoms with Crippen molar-refractivity contribution in [3.63, 3.8) is 0 Å². The number of fused-ring (bicyclic) bond motifs is 2. The molecule has 0 bridgehead atoms. The van der Waals surface area contributed by atoms with Crippen LogP contribution in [-0.2, 0) is 19.5 Å². The number of aryl methyl sites for hydroxylation is 1. The molecule has 1 N–H and O–H groups in total. The maximum atomic E-state index is 4.60. The van der Waals surface area contributed by atoms with Crippen molar-refractivity contribution in [3.8, 4) is 0 Å². The van der Waals surface area contributed by atoms with Crippen molar-refractivity contribution in [1.29, 1.82) is 0 Å². The summed E-state index contributed by atoms with van der Waals surface area (Å²) in [6.45, 7) is 4.89. The minimum Gasteiger partial charge on any atom is -0.361 e. The van der Waals surface area contributed by atoms with Crippen LogP contribution in [0.5, 0.6) is 0 Å². The van der Waals surface area contributed by atoms with E-state index in [9.17, 15) is 0 Å². The molecule has 3 aromatic rings. The molecule has 0 radical (unpaired) electrons. The molecule has 0 saturated heterocycles. The van der Waals surface area contributed by atoms with Crippen LogP contribution in [0.25, 0.3) is 10.9 Å². The van der Waals surface area contributed by atoms with Crippen molar-refractivity contribution in [2.24, 2.45) is 0 Å². The predicted molar refractivity (Wildman–Crippen MR) is 82.9 cm³/mol. The fourth-order valence-electron chi connectivity index (χ4n) is 3.11. The van der Waals surface area contributed by atoms with Crippen LogP contribution in [0.4, 0.5) is 0 Å². The van der Waals surface area contributed by atoms with Gasteiger partial charge in [-0.05, 0) is 35.9 Å². The predicted octanol–water partition coefficient (Wildman–Crippen LogP) is 2.82. The zero-order chi connectivity index (χ0) is 14.2. The number of para-hydroxylation sites is 1. The highest BCUT2D eigenvalue weighted by Gasteiger charge is 2.18.